The predicted molar refractivity (Wildman–Crippen MR) is 93.6 cm³/mol. The lowest BCUT2D eigenvalue weighted by Crippen LogP contribution is -2.49. The number of nitrogens with zero attached hydrogens (tertiary/aromatic N) is 1. The number of hydrogen-bond donors (Lipinski definition) is 2. The lowest BCUT2D eigenvalue weighted by molar-refractivity contribution is -0.144. The number of hydrogen-bond acceptors (Lipinski definition) is 4. The maximum absolute atomic E-state index is 12.6. The van der Waals surface area contributed by atoms with E-state index in [4.69, 9.17) is 0 Å². The van der Waals surface area contributed by atoms with Crippen molar-refractivity contribution in [1.29, 1.82) is 0 Å². The SMILES string of the molecule is CCS(=O)(=O)NCc1ccc(C(=O)N2CCC(C)CC2C(=O)O)cc1. The number of carboxylic acid groups (broad SMARTS) is 1. The van der Waals surface area contributed by atoms with E-state index >= 15 is 0 Å². The van der Waals surface area contributed by atoms with Crippen molar-refractivity contribution < 1.29 is 23.1 Å². The number of rotatable bonds is 6. The van der Waals surface area contributed by atoms with Gasteiger partial charge in [-0.2, -0.15) is 0 Å². The molecule has 0 aromatic heterocycles. The zero-order valence-corrected chi connectivity index (χ0v) is 15.3. The van der Waals surface area contributed by atoms with Gasteiger partial charge in [0.1, 0.15) is 6.04 Å². The number of carbonyl (C=O) groups is 2. The standard InChI is InChI=1S/C17H24N2O5S/c1-3-25(23,24)18-11-13-4-6-14(7-5-13)16(20)19-9-8-12(2)10-15(19)17(21)22/h4-7,12,15,18H,3,8-11H2,1-2H3,(H,21,22). The summed E-state index contributed by atoms with van der Waals surface area (Å²) >= 11 is 0. The topological polar surface area (TPSA) is 104 Å². The second kappa shape index (κ2) is 7.97. The normalized spacial score (nSPS) is 21.1. The van der Waals surface area contributed by atoms with Crippen LogP contribution in [0.4, 0.5) is 0 Å². The van der Waals surface area contributed by atoms with E-state index < -0.39 is 22.0 Å². The molecule has 2 N–H and O–H groups in total. The highest BCUT2D eigenvalue weighted by atomic mass is 32.2. The van der Waals surface area contributed by atoms with Gasteiger partial charge in [-0.25, -0.2) is 17.9 Å². The summed E-state index contributed by atoms with van der Waals surface area (Å²) in [5.74, 6) is -1.00. The first-order valence-electron chi connectivity index (χ1n) is 8.33. The molecule has 1 amide bonds. The van der Waals surface area contributed by atoms with Gasteiger partial charge in [-0.15, -0.1) is 0 Å². The van der Waals surface area contributed by atoms with Crippen molar-refractivity contribution >= 4 is 21.9 Å². The van der Waals surface area contributed by atoms with Gasteiger partial charge in [0.2, 0.25) is 10.0 Å². The highest BCUT2D eigenvalue weighted by Gasteiger charge is 2.35. The van der Waals surface area contributed by atoms with Gasteiger partial charge in [0.05, 0.1) is 5.75 Å². The fourth-order valence-electron chi connectivity index (χ4n) is 2.85. The number of carbonyl (C=O) groups excluding carboxylic acids is 1. The maximum atomic E-state index is 12.6. The maximum Gasteiger partial charge on any atom is 0.326 e. The van der Waals surface area contributed by atoms with Crippen LogP contribution >= 0.6 is 0 Å². The smallest absolute Gasteiger partial charge is 0.326 e. The van der Waals surface area contributed by atoms with E-state index in [9.17, 15) is 23.1 Å². The van der Waals surface area contributed by atoms with Gasteiger partial charge < -0.3 is 10.0 Å². The number of benzene rings is 1. The summed E-state index contributed by atoms with van der Waals surface area (Å²) < 4.78 is 25.4. The van der Waals surface area contributed by atoms with Crippen molar-refractivity contribution in [2.45, 2.75) is 39.3 Å². The molecule has 1 aromatic carbocycles. The number of aliphatic carboxylic acids is 1. The van der Waals surface area contributed by atoms with Gasteiger partial charge in [-0.05, 0) is 43.4 Å². The Labute approximate surface area is 148 Å². The molecule has 8 heteroatoms. The van der Waals surface area contributed by atoms with Crippen LogP contribution in [0, 0.1) is 5.92 Å². The molecule has 25 heavy (non-hydrogen) atoms. The average Bonchev–Trinajstić information content (AvgIpc) is 2.60. The molecule has 2 unspecified atom stereocenters. The van der Waals surface area contributed by atoms with Gasteiger partial charge in [0.15, 0.2) is 0 Å². The Morgan fingerprint density at radius 2 is 1.92 bits per heavy atom. The summed E-state index contributed by atoms with van der Waals surface area (Å²) in [5, 5.41) is 9.38. The van der Waals surface area contributed by atoms with E-state index in [1.807, 2.05) is 6.92 Å². The Morgan fingerprint density at radius 3 is 2.48 bits per heavy atom. The lowest BCUT2D eigenvalue weighted by Gasteiger charge is -2.36. The monoisotopic (exact) mass is 368 g/mol. The summed E-state index contributed by atoms with van der Waals surface area (Å²) in [6, 6.07) is 5.76. The molecular weight excluding hydrogens is 344 g/mol. The van der Waals surface area contributed by atoms with Crippen molar-refractivity contribution in [3.05, 3.63) is 35.4 Å². The number of nitrogens with one attached hydrogen (secondary N) is 1. The van der Waals surface area contributed by atoms with Crippen molar-refractivity contribution in [3.8, 4) is 0 Å². The number of amides is 1. The molecule has 0 bridgehead atoms. The molecule has 1 aliphatic heterocycles. The quantitative estimate of drug-likeness (QED) is 0.791. The van der Waals surface area contributed by atoms with Gasteiger partial charge in [0.25, 0.3) is 5.91 Å². The summed E-state index contributed by atoms with van der Waals surface area (Å²) in [4.78, 5) is 25.5. The van der Waals surface area contributed by atoms with E-state index in [1.54, 1.807) is 31.2 Å². The van der Waals surface area contributed by atoms with Crippen molar-refractivity contribution in [2.24, 2.45) is 5.92 Å². The van der Waals surface area contributed by atoms with Crippen LogP contribution in [0.3, 0.4) is 0 Å². The number of piperidine rings is 1. The molecule has 138 valence electrons. The highest BCUT2D eigenvalue weighted by Crippen LogP contribution is 2.24. The second-order valence-corrected chi connectivity index (χ2v) is 8.50. The molecule has 0 aliphatic carbocycles. The molecular formula is C17H24N2O5S. The zero-order valence-electron chi connectivity index (χ0n) is 14.4. The zero-order chi connectivity index (χ0) is 18.6. The minimum atomic E-state index is -3.27. The first kappa shape index (κ1) is 19.4. The van der Waals surface area contributed by atoms with Crippen LogP contribution in [0.5, 0.6) is 0 Å². The predicted octanol–water partition coefficient (Wildman–Crippen LogP) is 1.45. The Hall–Kier alpha value is -1.93. The van der Waals surface area contributed by atoms with Gasteiger partial charge in [0, 0.05) is 18.7 Å². The van der Waals surface area contributed by atoms with Crippen LogP contribution in [-0.2, 0) is 21.4 Å². The van der Waals surface area contributed by atoms with Crippen LogP contribution in [0.2, 0.25) is 0 Å². The highest BCUT2D eigenvalue weighted by molar-refractivity contribution is 7.89. The molecule has 2 rings (SSSR count). The molecule has 1 aromatic rings. The average molecular weight is 368 g/mol. The summed E-state index contributed by atoms with van der Waals surface area (Å²) in [6.45, 7) is 4.13. The fourth-order valence-corrected chi connectivity index (χ4v) is 3.44. The van der Waals surface area contributed by atoms with Crippen LogP contribution in [0.25, 0.3) is 0 Å². The van der Waals surface area contributed by atoms with Crippen LogP contribution in [-0.4, -0.2) is 48.6 Å². The van der Waals surface area contributed by atoms with Crippen LogP contribution < -0.4 is 4.72 Å². The van der Waals surface area contributed by atoms with Crippen molar-refractivity contribution in [1.82, 2.24) is 9.62 Å². The second-order valence-electron chi connectivity index (χ2n) is 6.40. The molecule has 7 nitrogen and oxygen atoms in total. The molecule has 1 heterocycles. The first-order chi connectivity index (χ1) is 11.7. The molecule has 1 saturated heterocycles. The third kappa shape index (κ3) is 5.02. The molecule has 0 spiro atoms. The van der Waals surface area contributed by atoms with Crippen molar-refractivity contribution in [2.75, 3.05) is 12.3 Å². The largest absolute Gasteiger partial charge is 0.480 e. The van der Waals surface area contributed by atoms with Crippen LogP contribution in [0.15, 0.2) is 24.3 Å². The Balaban J connectivity index is 2.08. The van der Waals surface area contributed by atoms with E-state index in [2.05, 4.69) is 4.72 Å². The fraction of sp³-hybridized carbons (Fsp3) is 0.529. The Bertz CT molecular complexity index is 730. The number of carboxylic acids is 1. The Kier molecular flexibility index (Phi) is 6.18. The molecule has 1 fully saturated rings. The number of sulfonamides is 1. The first-order valence-corrected chi connectivity index (χ1v) is 9.98. The minimum absolute atomic E-state index is 0.00747. The van der Waals surface area contributed by atoms with Gasteiger partial charge in [-0.1, -0.05) is 19.1 Å². The van der Waals surface area contributed by atoms with E-state index in [-0.39, 0.29) is 24.1 Å². The van der Waals surface area contributed by atoms with Crippen molar-refractivity contribution in [3.63, 3.8) is 0 Å². The Morgan fingerprint density at radius 1 is 1.28 bits per heavy atom. The third-order valence-corrected chi connectivity index (χ3v) is 5.83. The summed E-state index contributed by atoms with van der Waals surface area (Å²) in [7, 11) is -3.27. The molecule has 1 aliphatic rings. The van der Waals surface area contributed by atoms with Crippen LogP contribution in [0.1, 0.15) is 42.6 Å². The molecule has 0 radical (unpaired) electrons. The van der Waals surface area contributed by atoms with Gasteiger partial charge >= 0.3 is 5.97 Å². The third-order valence-electron chi connectivity index (χ3n) is 4.49. The van der Waals surface area contributed by atoms with E-state index in [1.165, 1.54) is 4.90 Å². The number of likely N-dealkylation sites (tertiary alicyclic amines) is 1. The minimum Gasteiger partial charge on any atom is -0.480 e. The molecule has 2 atom stereocenters. The summed E-state index contributed by atoms with van der Waals surface area (Å²) in [5.41, 5.74) is 1.14. The summed E-state index contributed by atoms with van der Waals surface area (Å²) in [6.07, 6.45) is 1.24. The van der Waals surface area contributed by atoms with E-state index in [0.717, 1.165) is 12.0 Å². The molecule has 0 saturated carbocycles. The van der Waals surface area contributed by atoms with Gasteiger partial charge in [-0.3, -0.25) is 4.79 Å². The van der Waals surface area contributed by atoms with E-state index in [0.29, 0.717) is 18.5 Å². The lowest BCUT2D eigenvalue weighted by atomic mass is 9.92.